The van der Waals surface area contributed by atoms with Crippen LogP contribution in [0.15, 0.2) is 30.3 Å². The van der Waals surface area contributed by atoms with Crippen LogP contribution in [0.3, 0.4) is 0 Å². The quantitative estimate of drug-likeness (QED) is 0.898. The SMILES string of the molecule is CN(c1cc(CN)c2ccccc2n1)C1CCC1. The Balaban J connectivity index is 2.07. The number of pyridine rings is 1. The Kier molecular flexibility index (Phi) is 2.92. The van der Waals surface area contributed by atoms with Gasteiger partial charge in [-0.2, -0.15) is 0 Å². The summed E-state index contributed by atoms with van der Waals surface area (Å²) < 4.78 is 0. The minimum absolute atomic E-state index is 0.564. The molecule has 94 valence electrons. The van der Waals surface area contributed by atoms with Gasteiger partial charge in [0.25, 0.3) is 0 Å². The first kappa shape index (κ1) is 11.5. The first-order chi connectivity index (χ1) is 8.79. The smallest absolute Gasteiger partial charge is 0.129 e. The zero-order valence-corrected chi connectivity index (χ0v) is 10.8. The standard InChI is InChI=1S/C15H19N3/c1-18(12-5-4-6-12)15-9-11(10-16)13-7-2-3-8-14(13)17-15/h2-3,7-9,12H,4-6,10,16H2,1H3. The minimum atomic E-state index is 0.564. The van der Waals surface area contributed by atoms with Gasteiger partial charge in [-0.15, -0.1) is 0 Å². The summed E-state index contributed by atoms with van der Waals surface area (Å²) in [6.45, 7) is 0.564. The van der Waals surface area contributed by atoms with E-state index in [9.17, 15) is 0 Å². The van der Waals surface area contributed by atoms with E-state index < -0.39 is 0 Å². The molecule has 0 bridgehead atoms. The van der Waals surface area contributed by atoms with Crippen LogP contribution in [0, 0.1) is 0 Å². The molecule has 3 nitrogen and oxygen atoms in total. The van der Waals surface area contributed by atoms with E-state index in [0.29, 0.717) is 12.6 Å². The highest BCUT2D eigenvalue weighted by molar-refractivity contribution is 5.84. The Morgan fingerprint density at radius 3 is 2.78 bits per heavy atom. The average molecular weight is 241 g/mol. The topological polar surface area (TPSA) is 42.1 Å². The number of benzene rings is 1. The van der Waals surface area contributed by atoms with Gasteiger partial charge in [0.15, 0.2) is 0 Å². The summed E-state index contributed by atoms with van der Waals surface area (Å²) in [5.74, 6) is 1.05. The molecule has 0 spiro atoms. The van der Waals surface area contributed by atoms with Gasteiger partial charge in [-0.25, -0.2) is 4.98 Å². The highest BCUT2D eigenvalue weighted by atomic mass is 15.2. The van der Waals surface area contributed by atoms with E-state index in [1.165, 1.54) is 30.2 Å². The fourth-order valence-corrected chi connectivity index (χ4v) is 2.54. The molecule has 2 N–H and O–H groups in total. The monoisotopic (exact) mass is 241 g/mol. The Labute approximate surface area is 108 Å². The molecule has 1 aromatic heterocycles. The van der Waals surface area contributed by atoms with Crippen LogP contribution in [0.4, 0.5) is 5.82 Å². The maximum atomic E-state index is 5.86. The molecule has 1 aliphatic rings. The van der Waals surface area contributed by atoms with Crippen molar-refractivity contribution in [2.24, 2.45) is 5.73 Å². The first-order valence-electron chi connectivity index (χ1n) is 6.61. The lowest BCUT2D eigenvalue weighted by molar-refractivity contribution is 0.399. The van der Waals surface area contributed by atoms with Crippen molar-refractivity contribution in [2.75, 3.05) is 11.9 Å². The largest absolute Gasteiger partial charge is 0.357 e. The number of para-hydroxylation sites is 1. The molecule has 1 aliphatic carbocycles. The average Bonchev–Trinajstić information content (AvgIpc) is 2.35. The summed E-state index contributed by atoms with van der Waals surface area (Å²) >= 11 is 0. The van der Waals surface area contributed by atoms with Crippen molar-refractivity contribution in [2.45, 2.75) is 31.8 Å². The predicted molar refractivity (Wildman–Crippen MR) is 75.7 cm³/mol. The van der Waals surface area contributed by atoms with Crippen LogP contribution in [0.2, 0.25) is 0 Å². The van der Waals surface area contributed by atoms with Crippen LogP contribution in [-0.4, -0.2) is 18.1 Å². The van der Waals surface area contributed by atoms with Gasteiger partial charge in [-0.05, 0) is 37.0 Å². The fourth-order valence-electron chi connectivity index (χ4n) is 2.54. The van der Waals surface area contributed by atoms with E-state index in [-0.39, 0.29) is 0 Å². The van der Waals surface area contributed by atoms with Gasteiger partial charge < -0.3 is 10.6 Å². The number of fused-ring (bicyclic) bond motifs is 1. The molecule has 0 amide bonds. The predicted octanol–water partition coefficient (Wildman–Crippen LogP) is 2.68. The van der Waals surface area contributed by atoms with E-state index in [4.69, 9.17) is 10.7 Å². The van der Waals surface area contributed by atoms with Gasteiger partial charge in [0.1, 0.15) is 5.82 Å². The molecule has 18 heavy (non-hydrogen) atoms. The number of rotatable bonds is 3. The summed E-state index contributed by atoms with van der Waals surface area (Å²) in [5, 5.41) is 1.17. The van der Waals surface area contributed by atoms with E-state index in [1.54, 1.807) is 0 Å². The molecule has 3 rings (SSSR count). The van der Waals surface area contributed by atoms with Gasteiger partial charge in [-0.1, -0.05) is 18.2 Å². The second-order valence-corrected chi connectivity index (χ2v) is 5.06. The van der Waals surface area contributed by atoms with Gasteiger partial charge in [0.05, 0.1) is 5.52 Å². The Bertz CT molecular complexity index is 561. The Morgan fingerprint density at radius 1 is 1.33 bits per heavy atom. The number of nitrogens with zero attached hydrogens (tertiary/aromatic N) is 2. The van der Waals surface area contributed by atoms with Crippen molar-refractivity contribution in [3.63, 3.8) is 0 Å². The molecule has 0 saturated heterocycles. The molecular weight excluding hydrogens is 222 g/mol. The molecule has 0 unspecified atom stereocenters. The third-order valence-electron chi connectivity index (χ3n) is 3.99. The lowest BCUT2D eigenvalue weighted by Crippen LogP contribution is -2.37. The maximum Gasteiger partial charge on any atom is 0.129 e. The zero-order chi connectivity index (χ0) is 12.5. The van der Waals surface area contributed by atoms with Crippen molar-refractivity contribution in [1.82, 2.24) is 4.98 Å². The first-order valence-corrected chi connectivity index (χ1v) is 6.61. The molecule has 0 atom stereocenters. The second-order valence-electron chi connectivity index (χ2n) is 5.06. The van der Waals surface area contributed by atoms with Gasteiger partial charge >= 0.3 is 0 Å². The lowest BCUT2D eigenvalue weighted by atomic mass is 9.92. The van der Waals surface area contributed by atoms with Crippen LogP contribution in [-0.2, 0) is 6.54 Å². The van der Waals surface area contributed by atoms with Crippen LogP contribution in [0.1, 0.15) is 24.8 Å². The number of hydrogen-bond donors (Lipinski definition) is 1. The highest BCUT2D eigenvalue weighted by Gasteiger charge is 2.23. The van der Waals surface area contributed by atoms with Crippen LogP contribution >= 0.6 is 0 Å². The second kappa shape index (κ2) is 4.58. The van der Waals surface area contributed by atoms with E-state index >= 15 is 0 Å². The van der Waals surface area contributed by atoms with Gasteiger partial charge in [0, 0.05) is 25.0 Å². The van der Waals surface area contributed by atoms with E-state index in [2.05, 4.69) is 30.1 Å². The fraction of sp³-hybridized carbons (Fsp3) is 0.400. The normalized spacial score (nSPS) is 15.7. The highest BCUT2D eigenvalue weighted by Crippen LogP contribution is 2.29. The van der Waals surface area contributed by atoms with Crippen LogP contribution in [0.25, 0.3) is 10.9 Å². The number of anilines is 1. The molecule has 0 aliphatic heterocycles. The number of nitrogens with two attached hydrogens (primary N) is 1. The number of aromatic nitrogens is 1. The van der Waals surface area contributed by atoms with Crippen molar-refractivity contribution in [1.29, 1.82) is 0 Å². The minimum Gasteiger partial charge on any atom is -0.357 e. The van der Waals surface area contributed by atoms with E-state index in [0.717, 1.165) is 11.3 Å². The van der Waals surface area contributed by atoms with Gasteiger partial charge in [0.2, 0.25) is 0 Å². The zero-order valence-electron chi connectivity index (χ0n) is 10.8. The molecule has 1 aromatic carbocycles. The molecule has 1 fully saturated rings. The van der Waals surface area contributed by atoms with Crippen LogP contribution < -0.4 is 10.6 Å². The Hall–Kier alpha value is -1.61. The van der Waals surface area contributed by atoms with Crippen molar-refractivity contribution < 1.29 is 0 Å². The summed E-state index contributed by atoms with van der Waals surface area (Å²) in [6.07, 6.45) is 3.90. The molecule has 2 aromatic rings. The molecule has 0 radical (unpaired) electrons. The summed E-state index contributed by atoms with van der Waals surface area (Å²) in [5.41, 5.74) is 8.09. The maximum absolute atomic E-state index is 5.86. The van der Waals surface area contributed by atoms with E-state index in [1.807, 2.05) is 12.1 Å². The molecule has 1 saturated carbocycles. The third kappa shape index (κ3) is 1.85. The lowest BCUT2D eigenvalue weighted by Gasteiger charge is -2.35. The molecule has 1 heterocycles. The summed E-state index contributed by atoms with van der Waals surface area (Å²) in [7, 11) is 2.14. The van der Waals surface area contributed by atoms with Crippen LogP contribution in [0.5, 0.6) is 0 Å². The summed E-state index contributed by atoms with van der Waals surface area (Å²) in [4.78, 5) is 7.06. The van der Waals surface area contributed by atoms with Gasteiger partial charge in [-0.3, -0.25) is 0 Å². The molecule has 3 heteroatoms. The van der Waals surface area contributed by atoms with Crippen molar-refractivity contribution >= 4 is 16.7 Å². The Morgan fingerprint density at radius 2 is 2.11 bits per heavy atom. The number of hydrogen-bond acceptors (Lipinski definition) is 3. The van der Waals surface area contributed by atoms with Crippen molar-refractivity contribution in [3.8, 4) is 0 Å². The molecular formula is C15H19N3. The summed E-state index contributed by atoms with van der Waals surface area (Å²) in [6, 6.07) is 11.0. The third-order valence-corrected chi connectivity index (χ3v) is 3.99. The van der Waals surface area contributed by atoms with Crippen molar-refractivity contribution in [3.05, 3.63) is 35.9 Å².